The van der Waals surface area contributed by atoms with E-state index in [1.807, 2.05) is 30.3 Å². The molecule has 0 atom stereocenters. The van der Waals surface area contributed by atoms with E-state index in [1.165, 1.54) is 6.07 Å². The lowest BCUT2D eigenvalue weighted by Crippen LogP contribution is -2.24. The van der Waals surface area contributed by atoms with E-state index in [4.69, 9.17) is 4.74 Å². The van der Waals surface area contributed by atoms with Crippen molar-refractivity contribution in [3.8, 4) is 0 Å². The van der Waals surface area contributed by atoms with E-state index in [-0.39, 0.29) is 5.91 Å². The summed E-state index contributed by atoms with van der Waals surface area (Å²) >= 11 is 0. The van der Waals surface area contributed by atoms with Crippen molar-refractivity contribution < 1.29 is 14.3 Å². The molecule has 0 radical (unpaired) electrons. The number of carbonyl (C=O) groups excluding carboxylic acids is 2. The zero-order valence-electron chi connectivity index (χ0n) is 15.1. The third kappa shape index (κ3) is 4.80. The number of hydrogen-bond donors (Lipinski definition) is 1. The first-order valence-electron chi connectivity index (χ1n) is 8.06. The molecule has 2 aromatic rings. The second kappa shape index (κ2) is 7.34. The van der Waals surface area contributed by atoms with Gasteiger partial charge in [0.2, 0.25) is 0 Å². The van der Waals surface area contributed by atoms with Crippen LogP contribution in [0.1, 0.15) is 52.6 Å². The minimum atomic E-state index is -0.614. The van der Waals surface area contributed by atoms with E-state index >= 15 is 0 Å². The zero-order valence-corrected chi connectivity index (χ0v) is 15.1. The van der Waals surface area contributed by atoms with E-state index in [2.05, 4.69) is 11.9 Å². The lowest BCUT2D eigenvalue weighted by molar-refractivity contribution is 0.00694. The van der Waals surface area contributed by atoms with Gasteiger partial charge in [-0.2, -0.15) is 0 Å². The van der Waals surface area contributed by atoms with E-state index in [9.17, 15) is 9.59 Å². The maximum atomic E-state index is 12.5. The van der Waals surface area contributed by atoms with Crippen LogP contribution in [0.15, 0.2) is 55.1 Å². The van der Waals surface area contributed by atoms with E-state index < -0.39 is 11.6 Å². The molecule has 0 aliphatic rings. The van der Waals surface area contributed by atoms with Crippen molar-refractivity contribution in [3.63, 3.8) is 0 Å². The summed E-state index contributed by atoms with van der Waals surface area (Å²) in [5, 5.41) is 2.58. The average molecular weight is 337 g/mol. The minimum absolute atomic E-state index is 0.271. The van der Waals surface area contributed by atoms with Gasteiger partial charge in [-0.1, -0.05) is 36.9 Å². The molecule has 130 valence electrons. The smallest absolute Gasteiger partial charge is 0.338 e. The lowest BCUT2D eigenvalue weighted by atomic mass is 9.95. The number of nitrogens with one attached hydrogen (secondary N) is 1. The Morgan fingerprint density at radius 1 is 0.920 bits per heavy atom. The zero-order chi connectivity index (χ0) is 18.6. The van der Waals surface area contributed by atoms with Gasteiger partial charge >= 0.3 is 5.97 Å². The van der Waals surface area contributed by atoms with Crippen molar-refractivity contribution in [1.29, 1.82) is 0 Å². The molecule has 0 saturated carbocycles. The fourth-order valence-electron chi connectivity index (χ4n) is 2.34. The first kappa shape index (κ1) is 18.5. The highest BCUT2D eigenvalue weighted by atomic mass is 16.6. The Hall–Kier alpha value is -2.88. The highest BCUT2D eigenvalue weighted by Gasteiger charge is 2.20. The third-order valence-electron chi connectivity index (χ3n) is 3.53. The summed E-state index contributed by atoms with van der Waals surface area (Å²) in [4.78, 5) is 24.5. The number of carbonyl (C=O) groups is 2. The third-order valence-corrected chi connectivity index (χ3v) is 3.53. The van der Waals surface area contributed by atoms with E-state index in [1.54, 1.807) is 40.0 Å². The molecular weight excluding hydrogens is 314 g/mol. The molecule has 0 fully saturated rings. The Morgan fingerprint density at radius 3 is 2.04 bits per heavy atom. The molecule has 2 aromatic carbocycles. The van der Waals surface area contributed by atoms with Gasteiger partial charge in [-0.25, -0.2) is 4.79 Å². The minimum Gasteiger partial charge on any atom is -0.456 e. The summed E-state index contributed by atoms with van der Waals surface area (Å²) in [5.41, 5.74) is 2.45. The molecule has 2 rings (SSSR count). The Balaban J connectivity index is 2.49. The highest BCUT2D eigenvalue weighted by Crippen LogP contribution is 2.25. The first-order valence-corrected chi connectivity index (χ1v) is 8.06. The number of benzene rings is 2. The molecule has 0 aromatic heterocycles. The van der Waals surface area contributed by atoms with E-state index in [0.29, 0.717) is 16.7 Å². The van der Waals surface area contributed by atoms with Crippen molar-refractivity contribution in [2.75, 3.05) is 7.05 Å². The van der Waals surface area contributed by atoms with Crippen LogP contribution in [0.3, 0.4) is 0 Å². The van der Waals surface area contributed by atoms with Gasteiger partial charge in [0, 0.05) is 12.6 Å². The summed E-state index contributed by atoms with van der Waals surface area (Å²) in [6, 6.07) is 14.6. The first-order chi connectivity index (χ1) is 11.7. The Morgan fingerprint density at radius 2 is 1.48 bits per heavy atom. The maximum Gasteiger partial charge on any atom is 0.338 e. The highest BCUT2D eigenvalue weighted by molar-refractivity contribution is 5.99. The van der Waals surface area contributed by atoms with Crippen LogP contribution in [0.5, 0.6) is 0 Å². The molecule has 0 saturated heterocycles. The number of hydrogen-bond acceptors (Lipinski definition) is 3. The molecule has 0 heterocycles. The van der Waals surface area contributed by atoms with Gasteiger partial charge in [-0.3, -0.25) is 4.79 Å². The second-order valence-electron chi connectivity index (χ2n) is 6.72. The normalized spacial score (nSPS) is 10.9. The molecule has 0 aliphatic heterocycles. The largest absolute Gasteiger partial charge is 0.456 e. The van der Waals surface area contributed by atoms with Gasteiger partial charge in [-0.05, 0) is 55.7 Å². The van der Waals surface area contributed by atoms with Crippen LogP contribution in [0.25, 0.3) is 5.57 Å². The maximum absolute atomic E-state index is 12.5. The SMILES string of the molecule is C=C(c1ccccc1)c1cc(C(=O)NC)cc(C(=O)OC(C)(C)C)c1. The molecule has 4 heteroatoms. The standard InChI is InChI=1S/C21H23NO3/c1-14(15-9-7-6-8-10-15)16-11-17(19(23)22-5)13-18(12-16)20(24)25-21(2,3)4/h6-13H,1H2,2-5H3,(H,22,23). The Bertz CT molecular complexity index is 802. The molecule has 0 unspecified atom stereocenters. The van der Waals surface area contributed by atoms with Crippen molar-refractivity contribution in [2.24, 2.45) is 0 Å². The van der Waals surface area contributed by atoms with Crippen molar-refractivity contribution >= 4 is 17.4 Å². The monoisotopic (exact) mass is 337 g/mol. The number of amides is 1. The number of rotatable bonds is 4. The van der Waals surface area contributed by atoms with Crippen molar-refractivity contribution in [3.05, 3.63) is 77.4 Å². The van der Waals surface area contributed by atoms with E-state index in [0.717, 1.165) is 11.1 Å². The summed E-state index contributed by atoms with van der Waals surface area (Å²) in [6.45, 7) is 9.52. The fraction of sp³-hybridized carbons (Fsp3) is 0.238. The van der Waals surface area contributed by atoms with Crippen LogP contribution in [0, 0.1) is 0 Å². The predicted octanol–water partition coefficient (Wildman–Crippen LogP) is 4.06. The fourth-order valence-corrected chi connectivity index (χ4v) is 2.34. The van der Waals surface area contributed by atoms with Gasteiger partial charge in [0.25, 0.3) is 5.91 Å². The Labute approximate surface area is 148 Å². The van der Waals surface area contributed by atoms with Crippen LogP contribution in [0.2, 0.25) is 0 Å². The molecule has 1 amide bonds. The summed E-state index contributed by atoms with van der Waals surface area (Å²) < 4.78 is 5.43. The van der Waals surface area contributed by atoms with Crippen molar-refractivity contribution in [1.82, 2.24) is 5.32 Å². The molecule has 0 aliphatic carbocycles. The quantitative estimate of drug-likeness (QED) is 0.856. The predicted molar refractivity (Wildman–Crippen MR) is 99.6 cm³/mol. The topological polar surface area (TPSA) is 55.4 Å². The van der Waals surface area contributed by atoms with Gasteiger partial charge in [0.05, 0.1) is 5.56 Å². The van der Waals surface area contributed by atoms with Gasteiger partial charge < -0.3 is 10.1 Å². The lowest BCUT2D eigenvalue weighted by Gasteiger charge is -2.20. The molecule has 25 heavy (non-hydrogen) atoms. The molecular formula is C21H23NO3. The van der Waals surface area contributed by atoms with Crippen LogP contribution in [-0.2, 0) is 4.74 Å². The summed E-state index contributed by atoms with van der Waals surface area (Å²) in [5.74, 6) is -0.743. The van der Waals surface area contributed by atoms with Crippen LogP contribution < -0.4 is 5.32 Å². The van der Waals surface area contributed by atoms with Crippen molar-refractivity contribution in [2.45, 2.75) is 26.4 Å². The average Bonchev–Trinajstić information content (AvgIpc) is 2.59. The van der Waals surface area contributed by atoms with Crippen LogP contribution in [-0.4, -0.2) is 24.5 Å². The second-order valence-corrected chi connectivity index (χ2v) is 6.72. The van der Waals surface area contributed by atoms with Gasteiger partial charge in [0.15, 0.2) is 0 Å². The van der Waals surface area contributed by atoms with Gasteiger partial charge in [-0.15, -0.1) is 0 Å². The summed E-state index contributed by atoms with van der Waals surface area (Å²) in [7, 11) is 1.55. The molecule has 0 bridgehead atoms. The molecule has 4 nitrogen and oxygen atoms in total. The van der Waals surface area contributed by atoms with Crippen LogP contribution >= 0.6 is 0 Å². The molecule has 1 N–H and O–H groups in total. The molecule has 0 spiro atoms. The summed E-state index contributed by atoms with van der Waals surface area (Å²) in [6.07, 6.45) is 0. The van der Waals surface area contributed by atoms with Gasteiger partial charge in [0.1, 0.15) is 5.60 Å². The van der Waals surface area contributed by atoms with Crippen LogP contribution in [0.4, 0.5) is 0 Å². The Kier molecular flexibility index (Phi) is 5.42. The number of esters is 1. The number of ether oxygens (including phenoxy) is 1.